The molecule has 0 radical (unpaired) electrons. The number of nitrogens with two attached hydrogens (primary N) is 1. The second-order valence-electron chi connectivity index (χ2n) is 8.73. The van der Waals surface area contributed by atoms with E-state index in [4.69, 9.17) is 15.2 Å². The molecule has 0 saturated carbocycles. The van der Waals surface area contributed by atoms with E-state index in [1.165, 1.54) is 37.4 Å². The number of pyridine rings is 1. The molecule has 0 aliphatic rings. The van der Waals surface area contributed by atoms with Crippen LogP contribution in [0.15, 0.2) is 64.6 Å². The maximum Gasteiger partial charge on any atom is 0.340 e. The number of rotatable bonds is 7. The maximum atomic E-state index is 13.7. The van der Waals surface area contributed by atoms with E-state index in [2.05, 4.69) is 4.98 Å². The number of carbonyl (C=O) groups is 2. The number of benzene rings is 2. The first kappa shape index (κ1) is 25.7. The molecule has 0 aliphatic carbocycles. The fourth-order valence-corrected chi connectivity index (χ4v) is 5.08. The molecule has 1 heterocycles. The largest absolute Gasteiger partial charge is 0.497 e. The minimum atomic E-state index is -4.51. The van der Waals surface area contributed by atoms with Gasteiger partial charge in [-0.3, -0.25) is 4.98 Å². The highest BCUT2D eigenvalue weighted by Gasteiger charge is 2.35. The van der Waals surface area contributed by atoms with E-state index in [1.54, 1.807) is 45.3 Å². The summed E-state index contributed by atoms with van der Waals surface area (Å²) in [6, 6.07) is 10.1. The molecule has 3 aromatic rings. The number of anilines is 1. The Kier molecular flexibility index (Phi) is 7.16. The topological polar surface area (TPSA) is 146 Å². The van der Waals surface area contributed by atoms with Crippen molar-refractivity contribution in [3.05, 3.63) is 77.1 Å². The number of aromatic nitrogens is 1. The van der Waals surface area contributed by atoms with E-state index in [0.29, 0.717) is 11.3 Å². The minimum absolute atomic E-state index is 0.124. The molecule has 0 bridgehead atoms. The zero-order valence-corrected chi connectivity index (χ0v) is 20.5. The Balaban J connectivity index is 2.34. The zero-order valence-electron chi connectivity index (χ0n) is 19.7. The van der Waals surface area contributed by atoms with Gasteiger partial charge >= 0.3 is 11.9 Å². The molecule has 3 N–H and O–H groups in total. The van der Waals surface area contributed by atoms with Crippen LogP contribution >= 0.6 is 0 Å². The number of hydrogen-bond acceptors (Lipinski definition) is 8. The number of ether oxygens (including phenoxy) is 2. The number of carboxylic acids is 1. The van der Waals surface area contributed by atoms with Gasteiger partial charge in [0.05, 0.1) is 23.3 Å². The van der Waals surface area contributed by atoms with Crippen LogP contribution in [0.2, 0.25) is 0 Å². The number of aromatic carboxylic acids is 1. The van der Waals surface area contributed by atoms with Gasteiger partial charge in [0.1, 0.15) is 21.8 Å². The molecule has 0 fully saturated rings. The average molecular weight is 499 g/mol. The third-order valence-electron chi connectivity index (χ3n) is 4.99. The number of hydrogen-bond donors (Lipinski definition) is 2. The predicted octanol–water partition coefficient (Wildman–Crippen LogP) is 3.75. The van der Waals surface area contributed by atoms with Gasteiger partial charge in [-0.2, -0.15) is 0 Å². The molecule has 0 saturated heterocycles. The van der Waals surface area contributed by atoms with Gasteiger partial charge in [-0.15, -0.1) is 0 Å². The summed E-state index contributed by atoms with van der Waals surface area (Å²) in [7, 11) is -3.09. The van der Waals surface area contributed by atoms with E-state index >= 15 is 0 Å². The van der Waals surface area contributed by atoms with Gasteiger partial charge in [0.2, 0.25) is 9.84 Å². The number of nitrogens with zero attached hydrogens (tertiary/aromatic N) is 1. The van der Waals surface area contributed by atoms with Gasteiger partial charge < -0.3 is 20.3 Å². The second kappa shape index (κ2) is 9.75. The summed E-state index contributed by atoms with van der Waals surface area (Å²) in [5.74, 6) is -2.17. The molecule has 0 amide bonds. The summed E-state index contributed by atoms with van der Waals surface area (Å²) in [5.41, 5.74) is 4.82. The molecular formula is C25H26N2O7S. The fourth-order valence-electron chi connectivity index (χ4n) is 3.45. The van der Waals surface area contributed by atoms with Gasteiger partial charge in [-0.25, -0.2) is 18.0 Å². The number of sulfone groups is 1. The van der Waals surface area contributed by atoms with Crippen LogP contribution in [-0.4, -0.2) is 43.2 Å². The summed E-state index contributed by atoms with van der Waals surface area (Å²) >= 11 is 0. The Morgan fingerprint density at radius 2 is 1.77 bits per heavy atom. The second-order valence-corrected chi connectivity index (χ2v) is 10.6. The summed E-state index contributed by atoms with van der Waals surface area (Å²) in [5, 5.41) is 10.0. The minimum Gasteiger partial charge on any atom is -0.497 e. The molecule has 10 heteroatoms. The molecule has 3 rings (SSSR count). The van der Waals surface area contributed by atoms with Gasteiger partial charge in [0.25, 0.3) is 0 Å². The molecule has 35 heavy (non-hydrogen) atoms. The Morgan fingerprint density at radius 1 is 1.11 bits per heavy atom. The van der Waals surface area contributed by atoms with Crippen molar-refractivity contribution in [1.29, 1.82) is 0 Å². The molecule has 1 aromatic heterocycles. The highest BCUT2D eigenvalue weighted by Crippen LogP contribution is 2.36. The lowest BCUT2D eigenvalue weighted by Gasteiger charge is -2.23. The van der Waals surface area contributed by atoms with Gasteiger partial charge in [0.15, 0.2) is 0 Å². The highest BCUT2D eigenvalue weighted by atomic mass is 32.2. The molecule has 2 aromatic carbocycles. The molecule has 0 atom stereocenters. The van der Waals surface area contributed by atoms with E-state index in [-0.39, 0.29) is 22.6 Å². The monoisotopic (exact) mass is 498 g/mol. The summed E-state index contributed by atoms with van der Waals surface area (Å²) < 4.78 is 37.9. The van der Waals surface area contributed by atoms with Crippen molar-refractivity contribution in [3.8, 4) is 5.75 Å². The van der Waals surface area contributed by atoms with Gasteiger partial charge in [-0.1, -0.05) is 6.07 Å². The number of carboxylic acid groups (broad SMARTS) is 1. The maximum absolute atomic E-state index is 13.7. The molecule has 0 spiro atoms. The summed E-state index contributed by atoms with van der Waals surface area (Å²) in [6.45, 7) is 4.86. The van der Waals surface area contributed by atoms with Crippen molar-refractivity contribution in [1.82, 2.24) is 4.98 Å². The average Bonchev–Trinajstić information content (AvgIpc) is 2.79. The first-order valence-corrected chi connectivity index (χ1v) is 12.0. The Hall–Kier alpha value is -3.92. The van der Waals surface area contributed by atoms with Crippen molar-refractivity contribution in [3.63, 3.8) is 0 Å². The third-order valence-corrected chi connectivity index (χ3v) is 6.85. The molecule has 0 aliphatic heterocycles. The lowest BCUT2D eigenvalue weighted by Crippen LogP contribution is -2.27. The Labute approximate surface area is 203 Å². The van der Waals surface area contributed by atoms with E-state index in [9.17, 15) is 23.1 Å². The standard InChI is InChI=1S/C25H26N2O7S/c1-25(2,3)34-24(30)19-13-16(12-15-6-5-11-27-14-15)21(26)20(23(28)29)22(19)35(31,32)18-9-7-17(33-4)8-10-18/h5-11,13-14H,12,26H2,1-4H3,(H,28,29). The van der Waals surface area contributed by atoms with Crippen molar-refractivity contribution < 1.29 is 32.6 Å². The molecular weight excluding hydrogens is 472 g/mol. The van der Waals surface area contributed by atoms with E-state index in [1.807, 2.05) is 0 Å². The van der Waals surface area contributed by atoms with Crippen molar-refractivity contribution in [2.24, 2.45) is 0 Å². The van der Waals surface area contributed by atoms with Gasteiger partial charge in [-0.05, 0) is 68.3 Å². The first-order chi connectivity index (χ1) is 16.3. The van der Waals surface area contributed by atoms with Gasteiger partial charge in [0, 0.05) is 18.8 Å². The summed E-state index contributed by atoms with van der Waals surface area (Å²) in [4.78, 5) is 28.6. The Morgan fingerprint density at radius 3 is 2.29 bits per heavy atom. The smallest absolute Gasteiger partial charge is 0.340 e. The number of esters is 1. The Bertz CT molecular complexity index is 1360. The van der Waals surface area contributed by atoms with Crippen LogP contribution in [0.1, 0.15) is 52.6 Å². The molecule has 0 unspecified atom stereocenters. The van der Waals surface area contributed by atoms with Crippen molar-refractivity contribution in [2.75, 3.05) is 12.8 Å². The van der Waals surface area contributed by atoms with Crippen LogP contribution in [0, 0.1) is 0 Å². The van der Waals surface area contributed by atoms with Crippen LogP contribution in [-0.2, 0) is 21.0 Å². The van der Waals surface area contributed by atoms with Crippen LogP contribution < -0.4 is 10.5 Å². The predicted molar refractivity (Wildman–Crippen MR) is 128 cm³/mol. The lowest BCUT2D eigenvalue weighted by atomic mass is 9.97. The first-order valence-electron chi connectivity index (χ1n) is 10.5. The van der Waals surface area contributed by atoms with Crippen LogP contribution in [0.3, 0.4) is 0 Å². The number of nitrogen functional groups attached to an aromatic ring is 1. The number of carbonyl (C=O) groups excluding carboxylic acids is 1. The van der Waals surface area contributed by atoms with Crippen molar-refractivity contribution in [2.45, 2.75) is 42.6 Å². The molecule has 9 nitrogen and oxygen atoms in total. The van der Waals surface area contributed by atoms with Crippen LogP contribution in [0.25, 0.3) is 0 Å². The number of methoxy groups -OCH3 is 1. The van der Waals surface area contributed by atoms with Crippen LogP contribution in [0.4, 0.5) is 5.69 Å². The zero-order chi connectivity index (χ0) is 26.0. The van der Waals surface area contributed by atoms with Crippen molar-refractivity contribution >= 4 is 27.5 Å². The normalized spacial score (nSPS) is 11.7. The third kappa shape index (κ3) is 5.60. The summed E-state index contributed by atoms with van der Waals surface area (Å²) in [6.07, 6.45) is 3.26. The SMILES string of the molecule is COc1ccc(S(=O)(=O)c2c(C(=O)OC(C)(C)C)cc(Cc3cccnc3)c(N)c2C(=O)O)cc1. The van der Waals surface area contributed by atoms with E-state index in [0.717, 1.165) is 0 Å². The molecule has 184 valence electrons. The quantitative estimate of drug-likeness (QED) is 0.367. The van der Waals surface area contributed by atoms with Crippen LogP contribution in [0.5, 0.6) is 5.75 Å². The lowest BCUT2D eigenvalue weighted by molar-refractivity contribution is 0.00649. The van der Waals surface area contributed by atoms with E-state index < -0.39 is 43.4 Å². The fraction of sp³-hybridized carbons (Fsp3) is 0.240. The highest BCUT2D eigenvalue weighted by molar-refractivity contribution is 7.91.